The van der Waals surface area contributed by atoms with Crippen molar-refractivity contribution in [3.63, 3.8) is 0 Å². The van der Waals surface area contributed by atoms with Crippen molar-refractivity contribution < 1.29 is 31.5 Å². The fraction of sp³-hybridized carbons (Fsp3) is 0.190. The third-order valence-corrected chi connectivity index (χ3v) is 5.08. The Labute approximate surface area is 198 Å². The zero-order chi connectivity index (χ0) is 24.4. The van der Waals surface area contributed by atoms with Gasteiger partial charge in [0, 0.05) is 10.0 Å². The first-order chi connectivity index (χ1) is 15.4. The summed E-state index contributed by atoms with van der Waals surface area (Å²) in [6.07, 6.45) is -4.62. The molecular weight excluding hydrogens is 537 g/mol. The highest BCUT2D eigenvalue weighted by atomic mass is 79.9. The maximum atomic E-state index is 14.7. The van der Waals surface area contributed by atoms with Crippen LogP contribution in [0.2, 0.25) is 5.15 Å². The minimum atomic E-state index is -4.62. The van der Waals surface area contributed by atoms with Crippen LogP contribution in [0.1, 0.15) is 27.0 Å². The number of nitrogens with one attached hydrogen (secondary N) is 1. The molecule has 3 aromatic rings. The summed E-state index contributed by atoms with van der Waals surface area (Å²) in [4.78, 5) is 12.6. The van der Waals surface area contributed by atoms with Crippen molar-refractivity contribution in [2.45, 2.75) is 19.0 Å². The first-order valence-corrected chi connectivity index (χ1v) is 10.3. The largest absolute Gasteiger partial charge is 0.437 e. The van der Waals surface area contributed by atoms with E-state index in [4.69, 9.17) is 16.3 Å². The van der Waals surface area contributed by atoms with Gasteiger partial charge in [-0.05, 0) is 48.9 Å². The van der Waals surface area contributed by atoms with Gasteiger partial charge in [-0.15, -0.1) is 10.2 Å². The quantitative estimate of drug-likeness (QED) is 0.354. The molecule has 0 bridgehead atoms. The first kappa shape index (κ1) is 24.8. The number of nitrogens with zero attached hydrogens (tertiary/aromatic N) is 2. The van der Waals surface area contributed by atoms with Crippen molar-refractivity contribution in [3.8, 4) is 11.6 Å². The van der Waals surface area contributed by atoms with Crippen molar-refractivity contribution in [2.75, 3.05) is 6.54 Å². The average molecular weight is 551 g/mol. The van der Waals surface area contributed by atoms with Crippen LogP contribution in [0, 0.1) is 6.92 Å². The summed E-state index contributed by atoms with van der Waals surface area (Å²) < 4.78 is 74.1. The Morgan fingerprint density at radius 1 is 1.09 bits per heavy atom. The lowest BCUT2D eigenvalue weighted by Gasteiger charge is -2.20. The van der Waals surface area contributed by atoms with E-state index in [1.54, 1.807) is 0 Å². The third-order valence-electron chi connectivity index (χ3n) is 4.40. The molecule has 0 unspecified atom stereocenters. The fourth-order valence-electron chi connectivity index (χ4n) is 2.86. The fourth-order valence-corrected chi connectivity index (χ4v) is 3.48. The van der Waals surface area contributed by atoms with Gasteiger partial charge in [-0.3, -0.25) is 4.79 Å². The van der Waals surface area contributed by atoms with E-state index >= 15 is 0 Å². The molecule has 5 nitrogen and oxygen atoms in total. The SMILES string of the molecule is Cc1cc(Br)ccc1C(F)(F)CNC(=O)c1cc(Cl)nnc1Oc1cccc(C(F)(F)F)c1. The summed E-state index contributed by atoms with van der Waals surface area (Å²) in [7, 11) is 0. The van der Waals surface area contributed by atoms with E-state index in [1.165, 1.54) is 31.2 Å². The Balaban J connectivity index is 1.82. The number of hydrogen-bond donors (Lipinski definition) is 1. The lowest BCUT2D eigenvalue weighted by Crippen LogP contribution is -2.35. The van der Waals surface area contributed by atoms with Crippen molar-refractivity contribution in [3.05, 3.63) is 80.4 Å². The van der Waals surface area contributed by atoms with Gasteiger partial charge in [0.15, 0.2) is 5.15 Å². The maximum Gasteiger partial charge on any atom is 0.416 e. The van der Waals surface area contributed by atoms with Gasteiger partial charge in [0.25, 0.3) is 17.7 Å². The highest BCUT2D eigenvalue weighted by molar-refractivity contribution is 9.10. The average Bonchev–Trinajstić information content (AvgIpc) is 2.72. The standard InChI is InChI=1S/C21H14BrClF5N3O2/c1-11-7-13(22)5-6-16(11)20(24,25)10-29-18(32)15-9-17(23)30-31-19(15)33-14-4-2-3-12(8-14)21(26,27)28/h2-9H,10H2,1H3,(H,29,32). The van der Waals surface area contributed by atoms with Gasteiger partial charge in [0.1, 0.15) is 11.3 Å². The molecule has 1 heterocycles. The van der Waals surface area contributed by atoms with E-state index < -0.39 is 36.0 Å². The summed E-state index contributed by atoms with van der Waals surface area (Å²) in [6, 6.07) is 9.04. The maximum absolute atomic E-state index is 14.7. The molecule has 3 rings (SSSR count). The molecule has 0 aliphatic carbocycles. The number of aryl methyl sites for hydroxylation is 1. The van der Waals surface area contributed by atoms with Gasteiger partial charge < -0.3 is 10.1 Å². The normalized spacial score (nSPS) is 11.9. The second-order valence-electron chi connectivity index (χ2n) is 6.86. The number of carbonyl (C=O) groups excluding carboxylic acids is 1. The first-order valence-electron chi connectivity index (χ1n) is 9.18. The lowest BCUT2D eigenvalue weighted by atomic mass is 10.0. The van der Waals surface area contributed by atoms with Crippen LogP contribution < -0.4 is 10.1 Å². The number of aromatic nitrogens is 2. The van der Waals surface area contributed by atoms with E-state index in [0.29, 0.717) is 16.1 Å². The molecule has 0 atom stereocenters. The summed E-state index contributed by atoms with van der Waals surface area (Å²) >= 11 is 8.96. The Hall–Kier alpha value is -2.79. The Morgan fingerprint density at radius 2 is 1.82 bits per heavy atom. The zero-order valence-electron chi connectivity index (χ0n) is 16.7. The number of amides is 1. The van der Waals surface area contributed by atoms with E-state index in [-0.39, 0.29) is 22.0 Å². The number of benzene rings is 2. The van der Waals surface area contributed by atoms with Gasteiger partial charge in [-0.25, -0.2) is 0 Å². The van der Waals surface area contributed by atoms with Crippen LogP contribution in [0.3, 0.4) is 0 Å². The van der Waals surface area contributed by atoms with Crippen LogP contribution in [0.15, 0.2) is 53.0 Å². The van der Waals surface area contributed by atoms with Gasteiger partial charge in [-0.1, -0.05) is 39.7 Å². The van der Waals surface area contributed by atoms with Crippen molar-refractivity contribution in [1.82, 2.24) is 15.5 Å². The Kier molecular flexibility index (Phi) is 7.23. The highest BCUT2D eigenvalue weighted by Crippen LogP contribution is 2.34. The number of rotatable bonds is 6. The molecule has 12 heteroatoms. The predicted molar refractivity (Wildman–Crippen MR) is 114 cm³/mol. The molecule has 0 aliphatic rings. The van der Waals surface area contributed by atoms with E-state index in [0.717, 1.165) is 18.2 Å². The molecule has 33 heavy (non-hydrogen) atoms. The van der Waals surface area contributed by atoms with Crippen LogP contribution >= 0.6 is 27.5 Å². The van der Waals surface area contributed by atoms with Crippen molar-refractivity contribution in [1.29, 1.82) is 0 Å². The smallest absolute Gasteiger partial charge is 0.416 e. The number of carbonyl (C=O) groups is 1. The summed E-state index contributed by atoms with van der Waals surface area (Å²) in [5, 5.41) is 8.91. The molecule has 1 N–H and O–H groups in total. The molecule has 0 saturated carbocycles. The monoisotopic (exact) mass is 549 g/mol. The number of alkyl halides is 5. The number of halogens is 7. The predicted octanol–water partition coefficient (Wildman–Crippen LogP) is 6.53. The van der Waals surface area contributed by atoms with Gasteiger partial charge in [0.05, 0.1) is 12.1 Å². The van der Waals surface area contributed by atoms with Crippen LogP contribution in [-0.2, 0) is 12.1 Å². The Bertz CT molecular complexity index is 1190. The molecule has 1 aromatic heterocycles. The van der Waals surface area contributed by atoms with Crippen LogP contribution in [0.25, 0.3) is 0 Å². The summed E-state index contributed by atoms with van der Waals surface area (Å²) in [5.41, 5.74) is -1.34. The topological polar surface area (TPSA) is 64.1 Å². The van der Waals surface area contributed by atoms with Gasteiger partial charge >= 0.3 is 6.18 Å². The van der Waals surface area contributed by atoms with E-state index in [1.807, 2.05) is 0 Å². The molecule has 2 aromatic carbocycles. The van der Waals surface area contributed by atoms with Crippen molar-refractivity contribution in [2.24, 2.45) is 0 Å². The summed E-state index contributed by atoms with van der Waals surface area (Å²) in [6.45, 7) is 0.445. The minimum Gasteiger partial charge on any atom is -0.437 e. The molecular formula is C21H14BrClF5N3O2. The van der Waals surface area contributed by atoms with Gasteiger partial charge in [-0.2, -0.15) is 22.0 Å². The minimum absolute atomic E-state index is 0.243. The zero-order valence-corrected chi connectivity index (χ0v) is 19.0. The van der Waals surface area contributed by atoms with E-state index in [2.05, 4.69) is 31.4 Å². The van der Waals surface area contributed by atoms with Crippen LogP contribution in [-0.4, -0.2) is 22.6 Å². The summed E-state index contributed by atoms with van der Waals surface area (Å²) in [5.74, 6) is -5.22. The molecule has 0 radical (unpaired) electrons. The molecule has 174 valence electrons. The Morgan fingerprint density at radius 3 is 2.48 bits per heavy atom. The third kappa shape index (κ3) is 6.17. The second kappa shape index (κ2) is 9.60. The molecule has 1 amide bonds. The van der Waals surface area contributed by atoms with Crippen LogP contribution in [0.5, 0.6) is 11.6 Å². The molecule has 0 fully saturated rings. The molecule has 0 aliphatic heterocycles. The second-order valence-corrected chi connectivity index (χ2v) is 8.16. The van der Waals surface area contributed by atoms with Crippen LogP contribution in [0.4, 0.5) is 22.0 Å². The number of ether oxygens (including phenoxy) is 1. The molecule has 0 saturated heterocycles. The van der Waals surface area contributed by atoms with Gasteiger partial charge in [0.2, 0.25) is 0 Å². The molecule has 0 spiro atoms. The van der Waals surface area contributed by atoms with Crippen molar-refractivity contribution >= 4 is 33.4 Å². The highest BCUT2D eigenvalue weighted by Gasteiger charge is 2.34. The number of hydrogen-bond acceptors (Lipinski definition) is 4. The van der Waals surface area contributed by atoms with E-state index in [9.17, 15) is 26.7 Å². The lowest BCUT2D eigenvalue weighted by molar-refractivity contribution is -0.137.